The first-order valence-electron chi connectivity index (χ1n) is 8.22. The van der Waals surface area contributed by atoms with E-state index >= 15 is 0 Å². The Balaban J connectivity index is 1.31. The molecule has 0 saturated carbocycles. The maximum atomic E-state index is 12.1. The third kappa shape index (κ3) is 3.25. The molecule has 6 heteroatoms. The van der Waals surface area contributed by atoms with Crippen LogP contribution in [0.1, 0.15) is 28.8 Å². The van der Waals surface area contributed by atoms with Crippen LogP contribution in [0.2, 0.25) is 0 Å². The maximum absolute atomic E-state index is 12.1. The molecule has 4 rings (SSSR count). The summed E-state index contributed by atoms with van der Waals surface area (Å²) in [5.74, 6) is 1.76. The Morgan fingerprint density at radius 2 is 2.12 bits per heavy atom. The summed E-state index contributed by atoms with van der Waals surface area (Å²) in [6.45, 7) is 3.11. The summed E-state index contributed by atoms with van der Waals surface area (Å²) >= 11 is 1.55. The van der Waals surface area contributed by atoms with Crippen LogP contribution in [0.3, 0.4) is 0 Å². The van der Waals surface area contributed by atoms with Crippen LogP contribution in [0.15, 0.2) is 35.0 Å². The third-order valence-electron chi connectivity index (χ3n) is 4.58. The third-order valence-corrected chi connectivity index (χ3v) is 5.26. The van der Waals surface area contributed by atoms with Gasteiger partial charge in [0.05, 0.1) is 0 Å². The highest BCUT2D eigenvalue weighted by atomic mass is 32.1. The van der Waals surface area contributed by atoms with E-state index in [1.807, 2.05) is 29.0 Å². The molecule has 0 unspecified atom stereocenters. The van der Waals surface area contributed by atoms with E-state index < -0.39 is 0 Å². The maximum Gasteiger partial charge on any atom is 0.252 e. The number of hydrogen-bond donors (Lipinski definition) is 1. The summed E-state index contributed by atoms with van der Waals surface area (Å²) in [6.07, 6.45) is 1.95. The van der Waals surface area contributed by atoms with Gasteiger partial charge in [-0.1, -0.05) is 12.1 Å². The molecule has 2 aliphatic rings. The average Bonchev–Trinajstić information content (AvgIpc) is 3.28. The summed E-state index contributed by atoms with van der Waals surface area (Å²) in [5, 5.41) is 6.97. The molecule has 3 heterocycles. The normalized spacial score (nSPS) is 17.8. The van der Waals surface area contributed by atoms with Gasteiger partial charge in [-0.15, -0.1) is 0 Å². The van der Waals surface area contributed by atoms with Gasteiger partial charge in [-0.3, -0.25) is 9.69 Å². The molecule has 2 aromatic rings. The van der Waals surface area contributed by atoms with Gasteiger partial charge in [-0.05, 0) is 30.4 Å². The van der Waals surface area contributed by atoms with Crippen LogP contribution in [-0.4, -0.2) is 36.7 Å². The monoisotopic (exact) mass is 344 g/mol. The van der Waals surface area contributed by atoms with Crippen molar-refractivity contribution in [2.24, 2.45) is 0 Å². The van der Waals surface area contributed by atoms with Crippen molar-refractivity contribution in [1.82, 2.24) is 10.2 Å². The first-order valence-corrected chi connectivity index (χ1v) is 9.17. The number of hydrogen-bond acceptors (Lipinski definition) is 5. The summed E-state index contributed by atoms with van der Waals surface area (Å²) in [6, 6.07) is 8.18. The summed E-state index contributed by atoms with van der Waals surface area (Å²) in [7, 11) is 0. The lowest BCUT2D eigenvalue weighted by molar-refractivity contribution is 0.0909. The van der Waals surface area contributed by atoms with Crippen LogP contribution in [0.25, 0.3) is 0 Å². The fourth-order valence-electron chi connectivity index (χ4n) is 3.25. The highest BCUT2D eigenvalue weighted by Gasteiger charge is 2.24. The Morgan fingerprint density at radius 3 is 2.92 bits per heavy atom. The first-order chi connectivity index (χ1) is 11.8. The standard InChI is InChI=1S/C18H20N2O3S/c21-18(14-6-9-24-11-14)19-15-4-7-20(8-5-15)10-13-2-1-3-16-17(13)23-12-22-16/h1-3,6,9,11,15H,4-5,7-8,10,12H2,(H,19,21). The minimum Gasteiger partial charge on any atom is -0.454 e. The predicted molar refractivity (Wildman–Crippen MR) is 92.6 cm³/mol. The number of para-hydroxylation sites is 1. The number of carbonyl (C=O) groups excluding carboxylic acids is 1. The minimum absolute atomic E-state index is 0.0427. The zero-order valence-electron chi connectivity index (χ0n) is 13.4. The van der Waals surface area contributed by atoms with Crippen LogP contribution in [-0.2, 0) is 6.54 Å². The van der Waals surface area contributed by atoms with Gasteiger partial charge in [0.2, 0.25) is 6.79 Å². The van der Waals surface area contributed by atoms with E-state index in [-0.39, 0.29) is 11.9 Å². The molecule has 0 aliphatic carbocycles. The Hall–Kier alpha value is -2.05. The van der Waals surface area contributed by atoms with Gasteiger partial charge >= 0.3 is 0 Å². The van der Waals surface area contributed by atoms with E-state index in [0.717, 1.165) is 49.5 Å². The van der Waals surface area contributed by atoms with E-state index in [1.165, 1.54) is 5.56 Å². The predicted octanol–water partition coefficient (Wildman–Crippen LogP) is 2.87. The van der Waals surface area contributed by atoms with Crippen molar-refractivity contribution in [3.05, 3.63) is 46.2 Å². The largest absolute Gasteiger partial charge is 0.454 e. The zero-order chi connectivity index (χ0) is 16.4. The summed E-state index contributed by atoms with van der Waals surface area (Å²) in [4.78, 5) is 14.5. The van der Waals surface area contributed by atoms with Crippen molar-refractivity contribution in [1.29, 1.82) is 0 Å². The Morgan fingerprint density at radius 1 is 1.25 bits per heavy atom. The van der Waals surface area contributed by atoms with Crippen LogP contribution in [0, 0.1) is 0 Å². The second-order valence-electron chi connectivity index (χ2n) is 6.19. The average molecular weight is 344 g/mol. The summed E-state index contributed by atoms with van der Waals surface area (Å²) < 4.78 is 11.0. The molecule has 0 bridgehead atoms. The molecule has 1 aromatic carbocycles. The number of likely N-dealkylation sites (tertiary alicyclic amines) is 1. The number of benzene rings is 1. The van der Waals surface area contributed by atoms with E-state index in [0.29, 0.717) is 6.79 Å². The zero-order valence-corrected chi connectivity index (χ0v) is 14.2. The molecule has 1 aromatic heterocycles. The van der Waals surface area contributed by atoms with Gasteiger partial charge < -0.3 is 14.8 Å². The molecular formula is C18H20N2O3S. The highest BCUT2D eigenvalue weighted by Crippen LogP contribution is 2.36. The lowest BCUT2D eigenvalue weighted by Gasteiger charge is -2.32. The quantitative estimate of drug-likeness (QED) is 0.927. The molecule has 1 amide bonds. The van der Waals surface area contributed by atoms with Crippen LogP contribution in [0.4, 0.5) is 0 Å². The molecule has 0 atom stereocenters. The first kappa shape index (κ1) is 15.5. The molecule has 0 spiro atoms. The van der Waals surface area contributed by atoms with Gasteiger partial charge in [0, 0.05) is 42.2 Å². The molecule has 5 nitrogen and oxygen atoms in total. The lowest BCUT2D eigenvalue weighted by Crippen LogP contribution is -2.44. The number of thiophene rings is 1. The van der Waals surface area contributed by atoms with Gasteiger partial charge in [0.15, 0.2) is 11.5 Å². The van der Waals surface area contributed by atoms with Crippen LogP contribution < -0.4 is 14.8 Å². The molecule has 2 aliphatic heterocycles. The fraction of sp³-hybridized carbons (Fsp3) is 0.389. The number of amides is 1. The van der Waals surface area contributed by atoms with Crippen molar-refractivity contribution in [3.8, 4) is 11.5 Å². The van der Waals surface area contributed by atoms with Crippen molar-refractivity contribution in [2.45, 2.75) is 25.4 Å². The number of nitrogens with zero attached hydrogens (tertiary/aromatic N) is 1. The van der Waals surface area contributed by atoms with Crippen molar-refractivity contribution in [2.75, 3.05) is 19.9 Å². The molecule has 1 N–H and O–H groups in total. The van der Waals surface area contributed by atoms with E-state index in [4.69, 9.17) is 9.47 Å². The number of fused-ring (bicyclic) bond motifs is 1. The van der Waals surface area contributed by atoms with Gasteiger partial charge in [-0.2, -0.15) is 11.3 Å². The van der Waals surface area contributed by atoms with Crippen LogP contribution >= 0.6 is 11.3 Å². The number of ether oxygens (including phenoxy) is 2. The van der Waals surface area contributed by atoms with Crippen LogP contribution in [0.5, 0.6) is 11.5 Å². The van der Waals surface area contributed by atoms with Gasteiger partial charge in [0.25, 0.3) is 5.91 Å². The number of rotatable bonds is 4. The molecule has 24 heavy (non-hydrogen) atoms. The number of carbonyl (C=O) groups is 1. The highest BCUT2D eigenvalue weighted by molar-refractivity contribution is 7.08. The van der Waals surface area contributed by atoms with Gasteiger partial charge in [0.1, 0.15) is 0 Å². The van der Waals surface area contributed by atoms with E-state index in [2.05, 4.69) is 16.3 Å². The smallest absolute Gasteiger partial charge is 0.252 e. The second-order valence-corrected chi connectivity index (χ2v) is 6.97. The molecular weight excluding hydrogens is 324 g/mol. The topological polar surface area (TPSA) is 50.8 Å². The Bertz CT molecular complexity index is 709. The minimum atomic E-state index is 0.0427. The molecule has 0 radical (unpaired) electrons. The number of nitrogens with one attached hydrogen (secondary N) is 1. The SMILES string of the molecule is O=C(NC1CCN(Cc2cccc3c2OCO3)CC1)c1ccsc1. The van der Waals surface area contributed by atoms with Gasteiger partial charge in [-0.25, -0.2) is 0 Å². The van der Waals surface area contributed by atoms with Crippen molar-refractivity contribution >= 4 is 17.2 Å². The fourth-order valence-corrected chi connectivity index (χ4v) is 3.89. The second kappa shape index (κ2) is 6.83. The Labute approximate surface area is 145 Å². The van der Waals surface area contributed by atoms with Crippen molar-refractivity contribution < 1.29 is 14.3 Å². The molecule has 126 valence electrons. The van der Waals surface area contributed by atoms with E-state index in [1.54, 1.807) is 11.3 Å². The van der Waals surface area contributed by atoms with Crippen molar-refractivity contribution in [3.63, 3.8) is 0 Å². The lowest BCUT2D eigenvalue weighted by atomic mass is 10.0. The summed E-state index contributed by atoms with van der Waals surface area (Å²) in [5.41, 5.74) is 1.94. The number of piperidine rings is 1. The molecule has 1 fully saturated rings. The Kier molecular flexibility index (Phi) is 4.40. The molecule has 1 saturated heterocycles. The van der Waals surface area contributed by atoms with E-state index in [9.17, 15) is 4.79 Å².